The van der Waals surface area contributed by atoms with Crippen LogP contribution in [0.25, 0.3) is 10.8 Å². The first-order valence-electron chi connectivity index (χ1n) is 9.58. The molecule has 29 heavy (non-hydrogen) atoms. The van der Waals surface area contributed by atoms with Crippen molar-refractivity contribution in [3.63, 3.8) is 0 Å². The summed E-state index contributed by atoms with van der Waals surface area (Å²) in [5.74, 6) is 0.539. The Morgan fingerprint density at radius 2 is 1.90 bits per heavy atom. The van der Waals surface area contributed by atoms with Crippen LogP contribution in [0.5, 0.6) is 5.75 Å². The summed E-state index contributed by atoms with van der Waals surface area (Å²) in [5.41, 5.74) is 1.46. The van der Waals surface area contributed by atoms with E-state index in [1.165, 1.54) is 0 Å². The summed E-state index contributed by atoms with van der Waals surface area (Å²) in [7, 11) is 0. The van der Waals surface area contributed by atoms with Gasteiger partial charge in [-0.25, -0.2) is 0 Å². The van der Waals surface area contributed by atoms with Crippen molar-refractivity contribution in [1.29, 1.82) is 0 Å². The number of carbonyl (C=O) groups is 1. The Balaban J connectivity index is 1.68. The number of morpholine rings is 1. The Kier molecular flexibility index (Phi) is 5.95. The number of benzene rings is 3. The average Bonchev–Trinajstić information content (AvgIpc) is 2.73. The van der Waals surface area contributed by atoms with Gasteiger partial charge in [0.1, 0.15) is 11.9 Å². The van der Waals surface area contributed by atoms with Gasteiger partial charge in [0, 0.05) is 16.6 Å². The summed E-state index contributed by atoms with van der Waals surface area (Å²) in [6.07, 6.45) is -0.283. The van der Waals surface area contributed by atoms with Crippen molar-refractivity contribution >= 4 is 39.9 Å². The second kappa shape index (κ2) is 8.62. The SMILES string of the molecule is CCOc1ccc2ccccc2c1C(=O)N1CCOC(c2cc(Cl)cc(Cl)c2)C1. The molecule has 3 aromatic rings. The monoisotopic (exact) mass is 429 g/mol. The molecule has 0 spiro atoms. The fourth-order valence-electron chi connectivity index (χ4n) is 3.70. The fourth-order valence-corrected chi connectivity index (χ4v) is 4.25. The molecule has 1 aliphatic heterocycles. The molecule has 0 radical (unpaired) electrons. The highest BCUT2D eigenvalue weighted by Crippen LogP contribution is 2.32. The lowest BCUT2D eigenvalue weighted by Gasteiger charge is -2.34. The number of carbonyl (C=O) groups excluding carboxylic acids is 1. The highest BCUT2D eigenvalue weighted by molar-refractivity contribution is 6.34. The zero-order valence-electron chi connectivity index (χ0n) is 16.0. The van der Waals surface area contributed by atoms with Crippen molar-refractivity contribution in [2.24, 2.45) is 0 Å². The Hall–Kier alpha value is -2.27. The summed E-state index contributed by atoms with van der Waals surface area (Å²) in [6.45, 7) is 3.78. The Morgan fingerprint density at radius 1 is 1.14 bits per heavy atom. The number of amides is 1. The average molecular weight is 430 g/mol. The van der Waals surface area contributed by atoms with Gasteiger partial charge in [0.05, 0.1) is 25.3 Å². The van der Waals surface area contributed by atoms with Gasteiger partial charge in [-0.05, 0) is 47.5 Å². The predicted octanol–water partition coefficient (Wildman–Crippen LogP) is 5.76. The molecule has 0 aromatic heterocycles. The maximum absolute atomic E-state index is 13.6. The summed E-state index contributed by atoms with van der Waals surface area (Å²) in [5, 5.41) is 2.99. The highest BCUT2D eigenvalue weighted by atomic mass is 35.5. The Bertz CT molecular complexity index is 1030. The van der Waals surface area contributed by atoms with Crippen molar-refractivity contribution in [3.05, 3.63) is 75.8 Å². The molecule has 4 nitrogen and oxygen atoms in total. The number of hydrogen-bond donors (Lipinski definition) is 0. The van der Waals surface area contributed by atoms with Crippen LogP contribution in [0.15, 0.2) is 54.6 Å². The van der Waals surface area contributed by atoms with Gasteiger partial charge in [0.25, 0.3) is 5.91 Å². The molecule has 1 atom stereocenters. The van der Waals surface area contributed by atoms with Crippen molar-refractivity contribution in [2.45, 2.75) is 13.0 Å². The van der Waals surface area contributed by atoms with E-state index in [0.29, 0.717) is 47.7 Å². The van der Waals surface area contributed by atoms with Gasteiger partial charge in [-0.1, -0.05) is 53.5 Å². The minimum atomic E-state index is -0.283. The Morgan fingerprint density at radius 3 is 2.66 bits per heavy atom. The zero-order chi connectivity index (χ0) is 20.4. The molecule has 1 aliphatic rings. The maximum Gasteiger partial charge on any atom is 0.258 e. The zero-order valence-corrected chi connectivity index (χ0v) is 17.5. The van der Waals surface area contributed by atoms with E-state index in [1.54, 1.807) is 6.07 Å². The van der Waals surface area contributed by atoms with E-state index in [4.69, 9.17) is 32.7 Å². The predicted molar refractivity (Wildman–Crippen MR) is 116 cm³/mol. The van der Waals surface area contributed by atoms with E-state index in [9.17, 15) is 4.79 Å². The number of fused-ring (bicyclic) bond motifs is 1. The van der Waals surface area contributed by atoms with Gasteiger partial charge in [-0.3, -0.25) is 4.79 Å². The first-order valence-corrected chi connectivity index (χ1v) is 10.3. The summed E-state index contributed by atoms with van der Waals surface area (Å²) < 4.78 is 11.7. The minimum Gasteiger partial charge on any atom is -0.493 e. The van der Waals surface area contributed by atoms with Crippen LogP contribution in [0.2, 0.25) is 10.0 Å². The van der Waals surface area contributed by atoms with Gasteiger partial charge in [-0.2, -0.15) is 0 Å². The molecule has 3 aromatic carbocycles. The third-order valence-electron chi connectivity index (χ3n) is 5.01. The van der Waals surface area contributed by atoms with Crippen LogP contribution < -0.4 is 4.74 Å². The molecule has 1 heterocycles. The first kappa shape index (κ1) is 20.0. The molecule has 1 unspecified atom stereocenters. The van der Waals surface area contributed by atoms with Gasteiger partial charge >= 0.3 is 0 Å². The second-order valence-electron chi connectivity index (χ2n) is 6.91. The normalized spacial score (nSPS) is 16.8. The lowest BCUT2D eigenvalue weighted by atomic mass is 10.0. The molecule has 0 N–H and O–H groups in total. The van der Waals surface area contributed by atoms with Gasteiger partial charge in [-0.15, -0.1) is 0 Å². The van der Waals surface area contributed by atoms with Crippen LogP contribution in [-0.4, -0.2) is 37.1 Å². The third-order valence-corrected chi connectivity index (χ3v) is 5.45. The van der Waals surface area contributed by atoms with Crippen molar-refractivity contribution < 1.29 is 14.3 Å². The number of ether oxygens (including phenoxy) is 2. The minimum absolute atomic E-state index is 0.0633. The van der Waals surface area contributed by atoms with Crippen LogP contribution in [0.4, 0.5) is 0 Å². The van der Waals surface area contributed by atoms with E-state index in [-0.39, 0.29) is 12.0 Å². The van der Waals surface area contributed by atoms with Crippen LogP contribution in [-0.2, 0) is 4.74 Å². The van der Waals surface area contributed by atoms with Crippen molar-refractivity contribution in [3.8, 4) is 5.75 Å². The van der Waals surface area contributed by atoms with E-state index in [0.717, 1.165) is 16.3 Å². The molecule has 0 saturated carbocycles. The molecule has 1 amide bonds. The quantitative estimate of drug-likeness (QED) is 0.529. The molecule has 0 bridgehead atoms. The van der Waals surface area contributed by atoms with Gasteiger partial charge in [0.15, 0.2) is 0 Å². The lowest BCUT2D eigenvalue weighted by Crippen LogP contribution is -2.42. The number of nitrogens with zero attached hydrogens (tertiary/aromatic N) is 1. The number of halogens is 2. The molecule has 4 rings (SSSR count). The molecule has 1 saturated heterocycles. The Labute approximate surface area is 179 Å². The van der Waals surface area contributed by atoms with E-state index >= 15 is 0 Å². The molecular formula is C23H21Cl2NO3. The standard InChI is InChI=1S/C23H21Cl2NO3/c1-2-28-20-8-7-15-5-3-4-6-19(15)22(20)23(27)26-9-10-29-21(14-26)16-11-17(24)13-18(25)12-16/h3-8,11-13,21H,2,9-10,14H2,1H3. The van der Waals surface area contributed by atoms with Crippen molar-refractivity contribution in [2.75, 3.05) is 26.3 Å². The lowest BCUT2D eigenvalue weighted by molar-refractivity contribution is -0.0228. The van der Waals surface area contributed by atoms with E-state index < -0.39 is 0 Å². The van der Waals surface area contributed by atoms with Gasteiger partial charge in [0.2, 0.25) is 0 Å². The van der Waals surface area contributed by atoms with Crippen LogP contribution in [0, 0.1) is 0 Å². The van der Waals surface area contributed by atoms with Crippen LogP contribution in [0.1, 0.15) is 28.9 Å². The summed E-state index contributed by atoms with van der Waals surface area (Å²) in [4.78, 5) is 15.4. The number of hydrogen-bond acceptors (Lipinski definition) is 3. The summed E-state index contributed by atoms with van der Waals surface area (Å²) >= 11 is 12.3. The van der Waals surface area contributed by atoms with E-state index in [1.807, 2.05) is 60.4 Å². The third kappa shape index (κ3) is 4.20. The highest BCUT2D eigenvalue weighted by Gasteiger charge is 2.29. The smallest absolute Gasteiger partial charge is 0.258 e. The fraction of sp³-hybridized carbons (Fsp3) is 0.261. The number of rotatable bonds is 4. The van der Waals surface area contributed by atoms with Crippen LogP contribution >= 0.6 is 23.2 Å². The van der Waals surface area contributed by atoms with Gasteiger partial charge < -0.3 is 14.4 Å². The molecule has 0 aliphatic carbocycles. The molecule has 1 fully saturated rings. The largest absolute Gasteiger partial charge is 0.493 e. The molecule has 150 valence electrons. The molecular weight excluding hydrogens is 409 g/mol. The maximum atomic E-state index is 13.6. The first-order chi connectivity index (χ1) is 14.1. The second-order valence-corrected chi connectivity index (χ2v) is 7.78. The summed E-state index contributed by atoms with van der Waals surface area (Å²) in [6, 6.07) is 17.0. The molecule has 6 heteroatoms. The van der Waals surface area contributed by atoms with Crippen LogP contribution in [0.3, 0.4) is 0 Å². The topological polar surface area (TPSA) is 38.8 Å². The van der Waals surface area contributed by atoms with E-state index in [2.05, 4.69) is 0 Å². The van der Waals surface area contributed by atoms with Crippen molar-refractivity contribution in [1.82, 2.24) is 4.90 Å².